The Labute approximate surface area is 187 Å². The summed E-state index contributed by atoms with van der Waals surface area (Å²) in [7, 11) is -1.88. The van der Waals surface area contributed by atoms with Crippen molar-refractivity contribution < 1.29 is 19.1 Å². The van der Waals surface area contributed by atoms with E-state index < -0.39 is 14.4 Å². The third-order valence-corrected chi connectivity index (χ3v) is 11.4. The van der Waals surface area contributed by atoms with Gasteiger partial charge in [0.15, 0.2) is 8.32 Å². The molecule has 1 N–H and O–H groups in total. The van der Waals surface area contributed by atoms with E-state index in [1.807, 2.05) is 4.90 Å². The van der Waals surface area contributed by atoms with Crippen molar-refractivity contribution in [2.75, 3.05) is 19.6 Å². The van der Waals surface area contributed by atoms with Crippen LogP contribution in [0, 0.1) is 0 Å². The predicted octanol–water partition coefficient (Wildman–Crippen LogP) is 4.97. The van der Waals surface area contributed by atoms with E-state index in [-0.39, 0.29) is 17.0 Å². The Hall–Kier alpha value is -2.12. The first-order valence-corrected chi connectivity index (χ1v) is 14.1. The largest absolute Gasteiger partial charge is 0.465 e. The van der Waals surface area contributed by atoms with Crippen LogP contribution in [0.5, 0.6) is 0 Å². The maximum absolute atomic E-state index is 12.5. The van der Waals surface area contributed by atoms with E-state index in [1.54, 1.807) is 0 Å². The van der Waals surface area contributed by atoms with Gasteiger partial charge >= 0.3 is 6.09 Å². The van der Waals surface area contributed by atoms with E-state index in [4.69, 9.17) is 9.53 Å². The van der Waals surface area contributed by atoms with Gasteiger partial charge < -0.3 is 19.3 Å². The Morgan fingerprint density at radius 3 is 2.35 bits per heavy atom. The topological polar surface area (TPSA) is 70.1 Å². The molecule has 1 aromatic rings. The predicted molar refractivity (Wildman–Crippen MR) is 125 cm³/mol. The van der Waals surface area contributed by atoms with Crippen LogP contribution in [0.1, 0.15) is 51.2 Å². The Morgan fingerprint density at radius 1 is 1.19 bits per heavy atom. The molecule has 0 spiro atoms. The van der Waals surface area contributed by atoms with Crippen molar-refractivity contribution in [3.63, 3.8) is 0 Å². The highest BCUT2D eigenvalue weighted by Crippen LogP contribution is 2.38. The van der Waals surface area contributed by atoms with Crippen LogP contribution in [0.15, 0.2) is 29.8 Å². The number of likely N-dealkylation sites (tertiary alicyclic amines) is 2. The van der Waals surface area contributed by atoms with Gasteiger partial charge in [-0.3, -0.25) is 4.79 Å². The number of carbonyl (C=O) groups excluding carboxylic acids is 1. The van der Waals surface area contributed by atoms with Gasteiger partial charge in [-0.25, -0.2) is 4.79 Å². The van der Waals surface area contributed by atoms with E-state index in [0.717, 1.165) is 24.0 Å². The zero-order chi connectivity index (χ0) is 22.8. The molecule has 31 heavy (non-hydrogen) atoms. The van der Waals surface area contributed by atoms with E-state index in [9.17, 15) is 9.59 Å². The quantitative estimate of drug-likeness (QED) is 0.651. The summed E-state index contributed by atoms with van der Waals surface area (Å²) < 4.78 is 6.46. The van der Waals surface area contributed by atoms with Crippen LogP contribution in [0.3, 0.4) is 0 Å². The number of amides is 2. The number of carbonyl (C=O) groups is 2. The lowest BCUT2D eigenvalue weighted by Crippen LogP contribution is -2.44. The Kier molecular flexibility index (Phi) is 6.96. The molecule has 2 fully saturated rings. The van der Waals surface area contributed by atoms with E-state index in [2.05, 4.69) is 64.2 Å². The van der Waals surface area contributed by atoms with Gasteiger partial charge in [0.1, 0.15) is 0 Å². The second-order valence-electron chi connectivity index (χ2n) is 10.3. The van der Waals surface area contributed by atoms with Gasteiger partial charge in [-0.2, -0.15) is 0 Å². The van der Waals surface area contributed by atoms with Gasteiger partial charge in [0.05, 0.1) is 12.5 Å². The maximum Gasteiger partial charge on any atom is 0.407 e. The smallest absolute Gasteiger partial charge is 0.407 e. The molecule has 2 heterocycles. The summed E-state index contributed by atoms with van der Waals surface area (Å²) in [6, 6.07) is 8.31. The molecule has 0 aromatic heterocycles. The molecule has 0 radical (unpaired) electrons. The second kappa shape index (κ2) is 9.16. The lowest BCUT2D eigenvalue weighted by Gasteiger charge is -2.38. The minimum Gasteiger partial charge on any atom is -0.465 e. The molecule has 3 rings (SSSR count). The molecule has 6 nitrogen and oxygen atoms in total. The summed E-state index contributed by atoms with van der Waals surface area (Å²) in [6.07, 6.45) is 3.36. The molecule has 170 valence electrons. The number of nitrogens with zero attached hydrogens (tertiary/aromatic N) is 2. The molecule has 2 amide bonds. The lowest BCUT2D eigenvalue weighted by atomic mass is 10.0. The van der Waals surface area contributed by atoms with Crippen LogP contribution in [-0.4, -0.2) is 61.0 Å². The van der Waals surface area contributed by atoms with Crippen LogP contribution >= 0.6 is 0 Å². The highest BCUT2D eigenvalue weighted by molar-refractivity contribution is 6.74. The average molecular weight is 445 g/mol. The minimum absolute atomic E-state index is 0.00549. The van der Waals surface area contributed by atoms with Crippen molar-refractivity contribution in [1.82, 2.24) is 9.80 Å². The summed E-state index contributed by atoms with van der Waals surface area (Å²) in [4.78, 5) is 26.9. The van der Waals surface area contributed by atoms with Gasteiger partial charge in [-0.1, -0.05) is 56.7 Å². The normalized spacial score (nSPS) is 20.4. The van der Waals surface area contributed by atoms with Crippen LogP contribution in [0.4, 0.5) is 4.79 Å². The highest BCUT2D eigenvalue weighted by atomic mass is 28.4. The maximum atomic E-state index is 12.5. The fourth-order valence-electron chi connectivity index (χ4n) is 3.87. The molecule has 2 aliphatic rings. The molecule has 0 saturated carbocycles. The monoisotopic (exact) mass is 444 g/mol. The Bertz CT molecular complexity index is 832. The summed E-state index contributed by atoms with van der Waals surface area (Å²) in [5, 5.41) is 9.20. The van der Waals surface area contributed by atoms with Crippen molar-refractivity contribution in [2.24, 2.45) is 0 Å². The van der Waals surface area contributed by atoms with Crippen molar-refractivity contribution in [1.29, 1.82) is 0 Å². The molecular weight excluding hydrogens is 408 g/mol. The summed E-state index contributed by atoms with van der Waals surface area (Å²) in [5.41, 5.74) is 3.52. The molecule has 2 aliphatic heterocycles. The SMILES string of the molecule is CC(C)(C)[Si](C)(C)O[C@@H]1CC(=O)N(Cc2ccc(C=C3CCN(C(=O)O)CC3)cc2)C1. The zero-order valence-electron chi connectivity index (χ0n) is 19.5. The molecule has 0 unspecified atom stereocenters. The molecule has 2 saturated heterocycles. The fraction of sp³-hybridized carbons (Fsp3) is 0.583. The zero-order valence-corrected chi connectivity index (χ0v) is 20.5. The molecule has 1 atom stereocenters. The third-order valence-electron chi connectivity index (χ3n) is 6.85. The van der Waals surface area contributed by atoms with Gasteiger partial charge in [0, 0.05) is 26.2 Å². The van der Waals surface area contributed by atoms with Crippen LogP contribution in [0.2, 0.25) is 18.1 Å². The van der Waals surface area contributed by atoms with Crippen molar-refractivity contribution >= 4 is 26.4 Å². The van der Waals surface area contributed by atoms with Crippen LogP contribution in [-0.2, 0) is 15.8 Å². The fourth-order valence-corrected chi connectivity index (χ4v) is 5.21. The first kappa shape index (κ1) is 23.5. The molecule has 7 heteroatoms. The van der Waals surface area contributed by atoms with Gasteiger partial charge in [0.2, 0.25) is 5.91 Å². The van der Waals surface area contributed by atoms with Gasteiger partial charge in [-0.05, 0) is 42.1 Å². The number of carboxylic acid groups (broad SMARTS) is 1. The van der Waals surface area contributed by atoms with Crippen molar-refractivity contribution in [3.05, 3.63) is 41.0 Å². The van der Waals surface area contributed by atoms with Crippen LogP contribution in [0.25, 0.3) is 6.08 Å². The number of rotatable bonds is 5. The number of hydrogen-bond acceptors (Lipinski definition) is 3. The molecule has 0 aliphatic carbocycles. The average Bonchev–Trinajstić information content (AvgIpc) is 3.01. The standard InChI is InChI=1S/C24H36N2O4Si/c1-24(2,3)31(4,5)30-21-15-22(27)26(17-21)16-20-8-6-18(7-9-20)14-19-10-12-25(13-11-19)23(28)29/h6-9,14,21H,10-13,15-17H2,1-5H3,(H,28,29)/t21-/m1/s1. The summed E-state index contributed by atoms with van der Waals surface area (Å²) >= 11 is 0. The van der Waals surface area contributed by atoms with Crippen molar-refractivity contribution in [2.45, 2.75) is 70.8 Å². The number of piperidine rings is 1. The van der Waals surface area contributed by atoms with E-state index in [1.165, 1.54) is 10.5 Å². The summed E-state index contributed by atoms with van der Waals surface area (Å²) in [6.45, 7) is 13.5. The van der Waals surface area contributed by atoms with E-state index in [0.29, 0.717) is 32.6 Å². The van der Waals surface area contributed by atoms with E-state index >= 15 is 0 Å². The minimum atomic E-state index is -1.88. The highest BCUT2D eigenvalue weighted by Gasteiger charge is 2.42. The molecule has 1 aromatic carbocycles. The Balaban J connectivity index is 1.55. The van der Waals surface area contributed by atoms with Crippen LogP contribution < -0.4 is 0 Å². The van der Waals surface area contributed by atoms with Gasteiger partial charge in [0.25, 0.3) is 0 Å². The molecule has 0 bridgehead atoms. The first-order chi connectivity index (χ1) is 14.4. The second-order valence-corrected chi connectivity index (χ2v) is 15.0. The Morgan fingerprint density at radius 2 is 1.81 bits per heavy atom. The van der Waals surface area contributed by atoms with Crippen molar-refractivity contribution in [3.8, 4) is 0 Å². The number of benzene rings is 1. The number of hydrogen-bond donors (Lipinski definition) is 1. The molecular formula is C24H36N2O4Si. The first-order valence-electron chi connectivity index (χ1n) is 11.2. The lowest BCUT2D eigenvalue weighted by molar-refractivity contribution is -0.128. The third kappa shape index (κ3) is 5.98. The van der Waals surface area contributed by atoms with Gasteiger partial charge in [-0.15, -0.1) is 0 Å². The summed E-state index contributed by atoms with van der Waals surface area (Å²) in [5.74, 6) is 0.167.